The van der Waals surface area contributed by atoms with Crippen LogP contribution in [0.25, 0.3) is 0 Å². The van der Waals surface area contributed by atoms with Crippen LogP contribution in [0.2, 0.25) is 0 Å². The number of thioether (sulfide) groups is 1. The Morgan fingerprint density at radius 3 is 2.50 bits per heavy atom. The molecular weight excluding hydrogens is 280 g/mol. The van der Waals surface area contributed by atoms with E-state index in [1.165, 1.54) is 36.0 Å². The zero-order valence-electron chi connectivity index (χ0n) is 10.4. The Balaban J connectivity index is 1.98. The summed E-state index contributed by atoms with van der Waals surface area (Å²) in [5.41, 5.74) is 1.35. The van der Waals surface area contributed by atoms with E-state index in [2.05, 4.69) is 0 Å². The molecule has 3 rings (SSSR count). The maximum absolute atomic E-state index is 13.3. The fraction of sp³-hybridized carbons (Fsp3) is 0.133. The summed E-state index contributed by atoms with van der Waals surface area (Å²) in [6, 6.07) is 12.0. The summed E-state index contributed by atoms with van der Waals surface area (Å²) in [4.78, 5) is 13.6. The van der Waals surface area contributed by atoms with E-state index in [0.29, 0.717) is 11.4 Å². The third-order valence-electron chi connectivity index (χ3n) is 3.11. The highest BCUT2D eigenvalue weighted by atomic mass is 32.2. The number of rotatable bonds is 2. The molecule has 1 atom stereocenters. The average Bonchev–Trinajstić information content (AvgIpc) is 2.81. The number of amides is 1. The molecule has 0 radical (unpaired) electrons. The van der Waals surface area contributed by atoms with Crippen molar-refractivity contribution in [2.45, 2.75) is 5.37 Å². The van der Waals surface area contributed by atoms with E-state index in [4.69, 9.17) is 0 Å². The predicted molar refractivity (Wildman–Crippen MR) is 75.5 cm³/mol. The van der Waals surface area contributed by atoms with Crippen molar-refractivity contribution in [3.63, 3.8) is 0 Å². The molecule has 0 aliphatic carbocycles. The first-order valence-corrected chi connectivity index (χ1v) is 7.15. The van der Waals surface area contributed by atoms with Crippen LogP contribution in [0.4, 0.5) is 14.5 Å². The molecule has 1 aliphatic rings. The second-order valence-corrected chi connectivity index (χ2v) is 5.53. The second-order valence-electron chi connectivity index (χ2n) is 4.46. The molecule has 0 aromatic heterocycles. The van der Waals surface area contributed by atoms with Gasteiger partial charge >= 0.3 is 0 Å². The van der Waals surface area contributed by atoms with E-state index in [-0.39, 0.29) is 22.9 Å². The van der Waals surface area contributed by atoms with Crippen LogP contribution in [0.15, 0.2) is 48.5 Å². The minimum atomic E-state index is -0.384. The second kappa shape index (κ2) is 5.25. The van der Waals surface area contributed by atoms with Crippen LogP contribution in [0.1, 0.15) is 10.9 Å². The van der Waals surface area contributed by atoms with E-state index in [1.807, 2.05) is 0 Å². The Hall–Kier alpha value is -1.88. The van der Waals surface area contributed by atoms with E-state index in [1.54, 1.807) is 29.2 Å². The highest BCUT2D eigenvalue weighted by Crippen LogP contribution is 2.41. The van der Waals surface area contributed by atoms with Crippen LogP contribution in [0.3, 0.4) is 0 Å². The Morgan fingerprint density at radius 2 is 1.80 bits per heavy atom. The summed E-state index contributed by atoms with van der Waals surface area (Å²) in [5.74, 6) is -0.446. The molecule has 5 heteroatoms. The van der Waals surface area contributed by atoms with Crippen molar-refractivity contribution in [2.75, 3.05) is 10.7 Å². The lowest BCUT2D eigenvalue weighted by Crippen LogP contribution is -2.27. The lowest BCUT2D eigenvalue weighted by atomic mass is 10.2. The molecule has 0 spiro atoms. The Labute approximate surface area is 119 Å². The van der Waals surface area contributed by atoms with Crippen molar-refractivity contribution in [3.8, 4) is 0 Å². The van der Waals surface area contributed by atoms with Crippen molar-refractivity contribution in [2.24, 2.45) is 0 Å². The molecule has 0 N–H and O–H groups in total. The minimum Gasteiger partial charge on any atom is -0.295 e. The highest BCUT2D eigenvalue weighted by Gasteiger charge is 2.34. The monoisotopic (exact) mass is 291 g/mol. The third-order valence-corrected chi connectivity index (χ3v) is 4.32. The number of carbonyl (C=O) groups excluding carboxylic acids is 1. The molecule has 0 saturated carbocycles. The summed E-state index contributed by atoms with van der Waals surface area (Å²) in [6.45, 7) is 0. The molecule has 20 heavy (non-hydrogen) atoms. The lowest BCUT2D eigenvalue weighted by Gasteiger charge is -2.24. The molecule has 2 nitrogen and oxygen atoms in total. The molecule has 0 unspecified atom stereocenters. The number of hydrogen-bond donors (Lipinski definition) is 0. The lowest BCUT2D eigenvalue weighted by molar-refractivity contribution is -0.115. The molecule has 2 aromatic rings. The van der Waals surface area contributed by atoms with Gasteiger partial charge in [0.2, 0.25) is 5.91 Å². The fourth-order valence-electron chi connectivity index (χ4n) is 2.20. The zero-order valence-corrected chi connectivity index (χ0v) is 11.2. The summed E-state index contributed by atoms with van der Waals surface area (Å²) in [5, 5.41) is -0.245. The first-order valence-electron chi connectivity index (χ1n) is 6.10. The maximum atomic E-state index is 13.3. The maximum Gasteiger partial charge on any atom is 0.238 e. The Morgan fingerprint density at radius 1 is 1.05 bits per heavy atom. The van der Waals surface area contributed by atoms with E-state index in [0.717, 1.165) is 5.56 Å². The van der Waals surface area contributed by atoms with Gasteiger partial charge in [0.1, 0.15) is 17.0 Å². The molecule has 2 aromatic carbocycles. The quantitative estimate of drug-likeness (QED) is 0.840. The molecule has 1 amide bonds. The van der Waals surface area contributed by atoms with Gasteiger partial charge in [-0.2, -0.15) is 0 Å². The van der Waals surface area contributed by atoms with Crippen LogP contribution >= 0.6 is 11.8 Å². The van der Waals surface area contributed by atoms with Crippen molar-refractivity contribution >= 4 is 23.4 Å². The molecule has 1 aliphatic heterocycles. The number of anilines is 1. The third kappa shape index (κ3) is 2.41. The normalized spacial score (nSPS) is 18.6. The number of nitrogens with zero attached hydrogens (tertiary/aromatic N) is 1. The Bertz CT molecular complexity index is 645. The van der Waals surface area contributed by atoms with Crippen molar-refractivity contribution in [1.29, 1.82) is 0 Å². The van der Waals surface area contributed by atoms with Gasteiger partial charge in [0.05, 0.1) is 5.75 Å². The summed E-state index contributed by atoms with van der Waals surface area (Å²) >= 11 is 1.45. The molecule has 0 bridgehead atoms. The van der Waals surface area contributed by atoms with Crippen LogP contribution < -0.4 is 4.90 Å². The SMILES string of the molecule is O=C1CS[C@@H](c2ccc(F)cc2)N1c1cccc(F)c1. The van der Waals surface area contributed by atoms with Crippen molar-refractivity contribution < 1.29 is 13.6 Å². The zero-order chi connectivity index (χ0) is 14.1. The molecule has 1 heterocycles. The smallest absolute Gasteiger partial charge is 0.238 e. The van der Waals surface area contributed by atoms with Gasteiger partial charge in [-0.15, -0.1) is 11.8 Å². The number of carbonyl (C=O) groups is 1. The van der Waals surface area contributed by atoms with E-state index >= 15 is 0 Å². The van der Waals surface area contributed by atoms with Crippen LogP contribution in [-0.2, 0) is 4.79 Å². The van der Waals surface area contributed by atoms with Gasteiger partial charge in [0.25, 0.3) is 0 Å². The van der Waals surface area contributed by atoms with Crippen molar-refractivity contribution in [3.05, 3.63) is 65.7 Å². The average molecular weight is 291 g/mol. The van der Waals surface area contributed by atoms with E-state index < -0.39 is 0 Å². The molecular formula is C15H11F2NOS. The van der Waals surface area contributed by atoms with Gasteiger partial charge in [-0.1, -0.05) is 18.2 Å². The van der Waals surface area contributed by atoms with Crippen LogP contribution in [0.5, 0.6) is 0 Å². The molecule has 102 valence electrons. The number of hydrogen-bond acceptors (Lipinski definition) is 2. The Kier molecular flexibility index (Phi) is 3.44. The van der Waals surface area contributed by atoms with Gasteiger partial charge in [0, 0.05) is 5.69 Å². The first kappa shape index (κ1) is 13.1. The van der Waals surface area contributed by atoms with Gasteiger partial charge in [0.15, 0.2) is 0 Å². The van der Waals surface area contributed by atoms with Crippen LogP contribution in [-0.4, -0.2) is 11.7 Å². The topological polar surface area (TPSA) is 20.3 Å². The molecule has 1 fully saturated rings. The minimum absolute atomic E-state index is 0.0741. The number of benzene rings is 2. The standard InChI is InChI=1S/C15H11F2NOS/c16-11-6-4-10(5-7-11)15-18(14(19)9-20-15)13-3-1-2-12(17)8-13/h1-8,15H,9H2/t15-/m0/s1. The van der Waals surface area contributed by atoms with Gasteiger partial charge < -0.3 is 0 Å². The molecule has 1 saturated heterocycles. The summed E-state index contributed by atoms with van der Waals surface area (Å²) in [6.07, 6.45) is 0. The van der Waals surface area contributed by atoms with Gasteiger partial charge in [-0.25, -0.2) is 8.78 Å². The van der Waals surface area contributed by atoms with E-state index in [9.17, 15) is 13.6 Å². The van der Waals surface area contributed by atoms with Crippen LogP contribution in [0, 0.1) is 11.6 Å². The summed E-state index contributed by atoms with van der Waals surface area (Å²) < 4.78 is 26.3. The van der Waals surface area contributed by atoms with Gasteiger partial charge in [-0.3, -0.25) is 9.69 Å². The highest BCUT2D eigenvalue weighted by molar-refractivity contribution is 8.00. The van der Waals surface area contributed by atoms with Gasteiger partial charge in [-0.05, 0) is 35.9 Å². The van der Waals surface area contributed by atoms with Crippen molar-refractivity contribution in [1.82, 2.24) is 0 Å². The largest absolute Gasteiger partial charge is 0.295 e. The number of halogens is 2. The first-order chi connectivity index (χ1) is 9.65. The predicted octanol–water partition coefficient (Wildman–Crippen LogP) is 3.74. The fourth-order valence-corrected chi connectivity index (χ4v) is 3.38. The summed E-state index contributed by atoms with van der Waals surface area (Å²) in [7, 11) is 0.